The molecule has 3 heterocycles. The Morgan fingerprint density at radius 2 is 2.04 bits per heavy atom. The van der Waals surface area contributed by atoms with E-state index in [-0.39, 0.29) is 25.2 Å². The molecule has 0 atom stereocenters. The zero-order valence-corrected chi connectivity index (χ0v) is 15.0. The normalized spacial score (nSPS) is 16.9. The van der Waals surface area contributed by atoms with Crippen LogP contribution in [0.2, 0.25) is 0 Å². The Labute approximate surface area is 161 Å². The van der Waals surface area contributed by atoms with Gasteiger partial charge in [-0.3, -0.25) is 4.79 Å². The molecular weight excluding hydrogens is 360 g/mol. The maximum atomic E-state index is 12.6. The van der Waals surface area contributed by atoms with Crippen molar-refractivity contribution in [1.29, 1.82) is 0 Å². The van der Waals surface area contributed by atoms with Gasteiger partial charge >= 0.3 is 6.03 Å². The predicted molar refractivity (Wildman–Crippen MR) is 101 cm³/mol. The highest BCUT2D eigenvalue weighted by Crippen LogP contribution is 2.32. The van der Waals surface area contributed by atoms with Crippen LogP contribution in [0.15, 0.2) is 41.5 Å². The van der Waals surface area contributed by atoms with E-state index >= 15 is 0 Å². The first-order chi connectivity index (χ1) is 13.7. The van der Waals surface area contributed by atoms with Crippen molar-refractivity contribution in [2.45, 2.75) is 19.4 Å². The van der Waals surface area contributed by atoms with Crippen molar-refractivity contribution in [2.75, 3.05) is 18.7 Å². The van der Waals surface area contributed by atoms with Crippen molar-refractivity contribution < 1.29 is 19.1 Å². The van der Waals surface area contributed by atoms with E-state index in [4.69, 9.17) is 9.47 Å². The lowest BCUT2D eigenvalue weighted by molar-refractivity contribution is -0.130. The Kier molecular flexibility index (Phi) is 3.89. The summed E-state index contributed by atoms with van der Waals surface area (Å²) < 4.78 is 10.7. The summed E-state index contributed by atoms with van der Waals surface area (Å²) >= 11 is 0. The molecule has 3 aliphatic rings. The van der Waals surface area contributed by atoms with Crippen LogP contribution >= 0.6 is 0 Å². The van der Waals surface area contributed by atoms with Crippen molar-refractivity contribution in [3.63, 3.8) is 0 Å². The number of hydrogen-bond acceptors (Lipinski definition) is 5. The van der Waals surface area contributed by atoms with Crippen LogP contribution in [0.5, 0.6) is 11.5 Å². The van der Waals surface area contributed by atoms with Gasteiger partial charge in [-0.1, -0.05) is 12.1 Å². The lowest BCUT2D eigenvalue weighted by Gasteiger charge is -2.18. The molecule has 2 aromatic carbocycles. The molecule has 8 nitrogen and oxygen atoms in total. The highest BCUT2D eigenvalue weighted by molar-refractivity contribution is 6.03. The standard InChI is InChI=1S/C20H18N4O4/c25-19(8-12-1-4-17-18(7-12)28-11-27-17)24-6-5-16(23-24)13-2-3-15-14(9-13)10-21-20(26)22-15/h1-4,7,9H,5-6,8,10-11H2,(H2,21,22,26). The quantitative estimate of drug-likeness (QED) is 0.857. The van der Waals surface area contributed by atoms with Gasteiger partial charge < -0.3 is 20.1 Å². The van der Waals surface area contributed by atoms with E-state index in [1.54, 1.807) is 0 Å². The molecule has 0 aromatic heterocycles. The van der Waals surface area contributed by atoms with Crippen LogP contribution in [0.25, 0.3) is 0 Å². The molecule has 3 amide bonds. The second kappa shape index (κ2) is 6.56. The Balaban J connectivity index is 1.30. The summed E-state index contributed by atoms with van der Waals surface area (Å²) in [6.07, 6.45) is 0.957. The molecule has 0 saturated heterocycles. The van der Waals surface area contributed by atoms with Crippen LogP contribution in [0, 0.1) is 0 Å². The van der Waals surface area contributed by atoms with Crippen LogP contribution in [-0.2, 0) is 17.8 Å². The number of carbonyl (C=O) groups is 2. The van der Waals surface area contributed by atoms with Gasteiger partial charge in [-0.25, -0.2) is 9.80 Å². The third-order valence-electron chi connectivity index (χ3n) is 5.01. The van der Waals surface area contributed by atoms with Gasteiger partial charge in [0.1, 0.15) is 0 Å². The summed E-state index contributed by atoms with van der Waals surface area (Å²) in [6.45, 7) is 1.26. The van der Waals surface area contributed by atoms with Gasteiger partial charge in [0.2, 0.25) is 12.7 Å². The summed E-state index contributed by atoms with van der Waals surface area (Å²) in [5.74, 6) is 1.32. The molecule has 0 spiro atoms. The zero-order chi connectivity index (χ0) is 19.1. The van der Waals surface area contributed by atoms with E-state index in [1.807, 2.05) is 36.4 Å². The number of hydrazone groups is 1. The summed E-state index contributed by atoms with van der Waals surface area (Å²) in [6, 6.07) is 11.1. The lowest BCUT2D eigenvalue weighted by Crippen LogP contribution is -2.33. The van der Waals surface area contributed by atoms with Crippen LogP contribution < -0.4 is 20.1 Å². The molecule has 28 heavy (non-hydrogen) atoms. The molecule has 8 heteroatoms. The average molecular weight is 378 g/mol. The Bertz CT molecular complexity index is 1020. The first kappa shape index (κ1) is 16.6. The Morgan fingerprint density at radius 3 is 2.96 bits per heavy atom. The smallest absolute Gasteiger partial charge is 0.319 e. The third kappa shape index (κ3) is 3.02. The van der Waals surface area contributed by atoms with Gasteiger partial charge in [0, 0.05) is 18.7 Å². The van der Waals surface area contributed by atoms with E-state index < -0.39 is 0 Å². The molecule has 2 aromatic rings. The van der Waals surface area contributed by atoms with Crippen molar-refractivity contribution >= 4 is 23.3 Å². The van der Waals surface area contributed by atoms with E-state index in [9.17, 15) is 9.59 Å². The first-order valence-corrected chi connectivity index (χ1v) is 9.10. The number of amides is 3. The van der Waals surface area contributed by atoms with Crippen LogP contribution in [0.1, 0.15) is 23.1 Å². The summed E-state index contributed by atoms with van der Waals surface area (Å²) in [5.41, 5.74) is 4.52. The number of rotatable bonds is 3. The topological polar surface area (TPSA) is 92.3 Å². The molecular formula is C20H18N4O4. The highest BCUT2D eigenvalue weighted by atomic mass is 16.7. The molecule has 3 aliphatic heterocycles. The highest BCUT2D eigenvalue weighted by Gasteiger charge is 2.24. The number of ether oxygens (including phenoxy) is 2. The molecule has 5 rings (SSSR count). The van der Waals surface area contributed by atoms with Gasteiger partial charge in [-0.15, -0.1) is 0 Å². The molecule has 2 N–H and O–H groups in total. The minimum absolute atomic E-state index is 0.0549. The molecule has 0 bridgehead atoms. The Morgan fingerprint density at radius 1 is 1.14 bits per heavy atom. The molecule has 0 fully saturated rings. The van der Waals surface area contributed by atoms with Gasteiger partial charge in [0.15, 0.2) is 11.5 Å². The van der Waals surface area contributed by atoms with Gasteiger partial charge in [-0.2, -0.15) is 5.10 Å². The number of nitrogens with one attached hydrogen (secondary N) is 2. The molecule has 142 valence electrons. The van der Waals surface area contributed by atoms with Crippen molar-refractivity contribution in [1.82, 2.24) is 10.3 Å². The van der Waals surface area contributed by atoms with Gasteiger partial charge in [0.25, 0.3) is 0 Å². The summed E-state index contributed by atoms with van der Waals surface area (Å²) in [7, 11) is 0. The van der Waals surface area contributed by atoms with E-state index in [1.165, 1.54) is 5.01 Å². The fourth-order valence-corrected chi connectivity index (χ4v) is 3.54. The minimum Gasteiger partial charge on any atom is -0.454 e. The zero-order valence-electron chi connectivity index (χ0n) is 15.0. The van der Waals surface area contributed by atoms with E-state index in [0.29, 0.717) is 31.0 Å². The first-order valence-electron chi connectivity index (χ1n) is 9.10. The maximum Gasteiger partial charge on any atom is 0.319 e. The second-order valence-electron chi connectivity index (χ2n) is 6.86. The van der Waals surface area contributed by atoms with Gasteiger partial charge in [0.05, 0.1) is 18.7 Å². The van der Waals surface area contributed by atoms with E-state index in [0.717, 1.165) is 28.1 Å². The molecule has 0 aliphatic carbocycles. The second-order valence-corrected chi connectivity index (χ2v) is 6.86. The third-order valence-corrected chi connectivity index (χ3v) is 5.01. The van der Waals surface area contributed by atoms with Crippen molar-refractivity contribution in [3.05, 3.63) is 53.1 Å². The summed E-state index contributed by atoms with van der Waals surface area (Å²) in [4.78, 5) is 24.0. The van der Waals surface area contributed by atoms with Crippen molar-refractivity contribution in [3.8, 4) is 11.5 Å². The van der Waals surface area contributed by atoms with Crippen LogP contribution in [0.4, 0.5) is 10.5 Å². The van der Waals surface area contributed by atoms with E-state index in [2.05, 4.69) is 15.7 Å². The minimum atomic E-state index is -0.196. The number of nitrogens with zero attached hydrogens (tertiary/aromatic N) is 2. The maximum absolute atomic E-state index is 12.6. The summed E-state index contributed by atoms with van der Waals surface area (Å²) in [5, 5.41) is 11.6. The molecule has 0 saturated carbocycles. The SMILES string of the molecule is O=C1NCc2cc(C3=NN(C(=O)Cc4ccc5c(c4)OCO5)CC3)ccc2N1. The molecule has 0 radical (unpaired) electrons. The van der Waals surface area contributed by atoms with Crippen LogP contribution in [-0.4, -0.2) is 36.0 Å². The average Bonchev–Trinajstić information content (AvgIpc) is 3.37. The lowest BCUT2D eigenvalue weighted by atomic mass is 10.0. The fraction of sp³-hybridized carbons (Fsp3) is 0.250. The van der Waals surface area contributed by atoms with Crippen LogP contribution in [0.3, 0.4) is 0 Å². The number of hydrogen-bond donors (Lipinski definition) is 2. The number of carbonyl (C=O) groups excluding carboxylic acids is 2. The number of anilines is 1. The monoisotopic (exact) mass is 378 g/mol. The van der Waals surface area contributed by atoms with Crippen molar-refractivity contribution in [2.24, 2.45) is 5.10 Å². The number of urea groups is 1. The predicted octanol–water partition coefficient (Wildman–Crippen LogP) is 2.23. The number of fused-ring (bicyclic) bond motifs is 2. The fourth-order valence-electron chi connectivity index (χ4n) is 3.54. The Hall–Kier alpha value is -3.55. The van der Waals surface area contributed by atoms with Gasteiger partial charge in [-0.05, 0) is 41.0 Å². The number of benzene rings is 2. The largest absolute Gasteiger partial charge is 0.454 e. The molecule has 0 unspecified atom stereocenters.